The van der Waals surface area contributed by atoms with Crippen molar-refractivity contribution in [3.05, 3.63) is 58.6 Å². The van der Waals surface area contributed by atoms with Crippen LogP contribution in [0, 0.1) is 13.8 Å². The molecule has 21 heavy (non-hydrogen) atoms. The molecule has 0 aliphatic carbocycles. The van der Waals surface area contributed by atoms with Gasteiger partial charge in [-0.1, -0.05) is 29.8 Å². The van der Waals surface area contributed by atoms with Gasteiger partial charge in [-0.15, -0.1) is 0 Å². The van der Waals surface area contributed by atoms with Crippen LogP contribution in [0.15, 0.2) is 42.5 Å². The molecule has 0 aliphatic heterocycles. The number of carbonyl (C=O) groups is 2. The van der Waals surface area contributed by atoms with E-state index in [2.05, 4.69) is 10.6 Å². The summed E-state index contributed by atoms with van der Waals surface area (Å²) in [5.41, 5.74) is 3.00. The van der Waals surface area contributed by atoms with Crippen LogP contribution in [0.2, 0.25) is 5.02 Å². The first-order valence-electron chi connectivity index (χ1n) is 6.41. The minimum Gasteiger partial charge on any atom is -0.318 e. The summed E-state index contributed by atoms with van der Waals surface area (Å²) < 4.78 is 0. The highest BCUT2D eigenvalue weighted by molar-refractivity contribution is 6.43. The second-order valence-electron chi connectivity index (χ2n) is 4.74. The van der Waals surface area contributed by atoms with E-state index in [1.54, 1.807) is 24.3 Å². The zero-order valence-electron chi connectivity index (χ0n) is 11.7. The van der Waals surface area contributed by atoms with Crippen LogP contribution in [0.5, 0.6) is 0 Å². The van der Waals surface area contributed by atoms with Gasteiger partial charge in [0.1, 0.15) is 0 Å². The molecule has 0 saturated heterocycles. The molecule has 0 unspecified atom stereocenters. The quantitative estimate of drug-likeness (QED) is 0.834. The van der Waals surface area contributed by atoms with Crippen LogP contribution in [0.1, 0.15) is 11.1 Å². The largest absolute Gasteiger partial charge is 0.318 e. The summed E-state index contributed by atoms with van der Waals surface area (Å²) >= 11 is 5.82. The fraction of sp³-hybridized carbons (Fsp3) is 0.125. The normalized spacial score (nSPS) is 10.0. The van der Waals surface area contributed by atoms with Gasteiger partial charge in [0.25, 0.3) is 0 Å². The van der Waals surface area contributed by atoms with E-state index in [-0.39, 0.29) is 0 Å². The third-order valence-corrected chi connectivity index (χ3v) is 3.17. The van der Waals surface area contributed by atoms with Crippen molar-refractivity contribution >= 4 is 34.8 Å². The van der Waals surface area contributed by atoms with Crippen molar-refractivity contribution in [2.75, 3.05) is 10.6 Å². The first kappa shape index (κ1) is 15.1. The molecule has 2 aromatic rings. The fourth-order valence-electron chi connectivity index (χ4n) is 1.80. The Kier molecular flexibility index (Phi) is 4.60. The minimum absolute atomic E-state index is 0.476. The van der Waals surface area contributed by atoms with E-state index < -0.39 is 11.8 Å². The lowest BCUT2D eigenvalue weighted by molar-refractivity contribution is -0.133. The molecular formula is C16H15ClN2O2. The van der Waals surface area contributed by atoms with Gasteiger partial charge in [0.15, 0.2) is 0 Å². The number of benzene rings is 2. The molecule has 5 heteroatoms. The van der Waals surface area contributed by atoms with Gasteiger partial charge in [0.05, 0.1) is 0 Å². The SMILES string of the molecule is Cc1ccc(C)c(NC(=O)C(=O)Nc2cccc(Cl)c2)c1. The maximum atomic E-state index is 11.9. The number of hydrogen-bond donors (Lipinski definition) is 2. The number of anilines is 2. The predicted molar refractivity (Wildman–Crippen MR) is 84.6 cm³/mol. The molecule has 2 amide bonds. The first-order chi connectivity index (χ1) is 9.95. The van der Waals surface area contributed by atoms with Gasteiger partial charge in [0.2, 0.25) is 0 Å². The zero-order valence-corrected chi connectivity index (χ0v) is 12.5. The van der Waals surface area contributed by atoms with E-state index in [0.29, 0.717) is 16.4 Å². The van der Waals surface area contributed by atoms with E-state index in [0.717, 1.165) is 11.1 Å². The highest BCUT2D eigenvalue weighted by Gasteiger charge is 2.15. The van der Waals surface area contributed by atoms with Gasteiger partial charge in [-0.2, -0.15) is 0 Å². The monoisotopic (exact) mass is 302 g/mol. The Bertz CT molecular complexity index is 698. The smallest absolute Gasteiger partial charge is 0.314 e. The molecule has 2 rings (SSSR count). The van der Waals surface area contributed by atoms with Gasteiger partial charge >= 0.3 is 11.8 Å². The standard InChI is InChI=1S/C16H15ClN2O2/c1-10-6-7-11(2)14(8-10)19-16(21)15(20)18-13-5-3-4-12(17)9-13/h3-9H,1-2H3,(H,18,20)(H,19,21). The maximum absolute atomic E-state index is 11.9. The van der Waals surface area contributed by atoms with Crippen LogP contribution in [-0.4, -0.2) is 11.8 Å². The third-order valence-electron chi connectivity index (χ3n) is 2.93. The Labute approximate surface area is 128 Å². The molecule has 0 saturated carbocycles. The lowest BCUT2D eigenvalue weighted by Crippen LogP contribution is -2.29. The van der Waals surface area contributed by atoms with Crippen LogP contribution in [0.3, 0.4) is 0 Å². The van der Waals surface area contributed by atoms with Gasteiger partial charge in [-0.25, -0.2) is 0 Å². The van der Waals surface area contributed by atoms with E-state index >= 15 is 0 Å². The van der Waals surface area contributed by atoms with Crippen molar-refractivity contribution in [2.45, 2.75) is 13.8 Å². The summed E-state index contributed by atoms with van der Waals surface area (Å²) in [6.45, 7) is 3.78. The number of carbonyl (C=O) groups excluding carboxylic acids is 2. The van der Waals surface area contributed by atoms with E-state index in [1.807, 2.05) is 32.0 Å². The molecule has 0 heterocycles. The average molecular weight is 303 g/mol. The number of halogens is 1. The van der Waals surface area contributed by atoms with Crippen molar-refractivity contribution in [3.63, 3.8) is 0 Å². The lowest BCUT2D eigenvalue weighted by Gasteiger charge is -2.09. The molecule has 0 aromatic heterocycles. The Morgan fingerprint density at radius 3 is 2.38 bits per heavy atom. The molecule has 0 fully saturated rings. The molecule has 0 radical (unpaired) electrons. The van der Waals surface area contributed by atoms with E-state index in [9.17, 15) is 9.59 Å². The Hall–Kier alpha value is -2.33. The highest BCUT2D eigenvalue weighted by Crippen LogP contribution is 2.17. The van der Waals surface area contributed by atoms with E-state index in [1.165, 1.54) is 0 Å². The minimum atomic E-state index is -0.738. The van der Waals surface area contributed by atoms with Crippen LogP contribution < -0.4 is 10.6 Å². The average Bonchev–Trinajstić information content (AvgIpc) is 2.43. The van der Waals surface area contributed by atoms with Gasteiger partial charge in [-0.3, -0.25) is 9.59 Å². The zero-order chi connectivity index (χ0) is 15.4. The topological polar surface area (TPSA) is 58.2 Å². The second-order valence-corrected chi connectivity index (χ2v) is 5.17. The molecule has 2 aromatic carbocycles. The molecule has 0 atom stereocenters. The number of nitrogens with one attached hydrogen (secondary N) is 2. The third kappa shape index (κ3) is 4.07. The molecular weight excluding hydrogens is 288 g/mol. The van der Waals surface area contributed by atoms with Crippen molar-refractivity contribution in [1.82, 2.24) is 0 Å². The van der Waals surface area contributed by atoms with Gasteiger partial charge in [0, 0.05) is 16.4 Å². The number of rotatable bonds is 2. The second kappa shape index (κ2) is 6.41. The highest BCUT2D eigenvalue weighted by atomic mass is 35.5. The molecule has 0 spiro atoms. The number of amides is 2. The van der Waals surface area contributed by atoms with Crippen LogP contribution in [0.25, 0.3) is 0 Å². The molecule has 108 valence electrons. The summed E-state index contributed by atoms with van der Waals surface area (Å²) in [5, 5.41) is 5.59. The maximum Gasteiger partial charge on any atom is 0.314 e. The van der Waals surface area contributed by atoms with E-state index in [4.69, 9.17) is 11.6 Å². The van der Waals surface area contributed by atoms with Gasteiger partial charge < -0.3 is 10.6 Å². The van der Waals surface area contributed by atoms with Crippen LogP contribution in [-0.2, 0) is 9.59 Å². The first-order valence-corrected chi connectivity index (χ1v) is 6.78. The summed E-state index contributed by atoms with van der Waals surface area (Å²) in [6, 6.07) is 12.3. The summed E-state index contributed by atoms with van der Waals surface area (Å²) in [4.78, 5) is 23.8. The Morgan fingerprint density at radius 1 is 0.952 bits per heavy atom. The Balaban J connectivity index is 2.06. The molecule has 0 aliphatic rings. The van der Waals surface area contributed by atoms with Crippen molar-refractivity contribution < 1.29 is 9.59 Å². The number of hydrogen-bond acceptors (Lipinski definition) is 2. The summed E-state index contributed by atoms with van der Waals surface area (Å²) in [6.07, 6.45) is 0. The predicted octanol–water partition coefficient (Wildman–Crippen LogP) is 3.53. The van der Waals surface area contributed by atoms with Crippen molar-refractivity contribution in [3.8, 4) is 0 Å². The fourth-order valence-corrected chi connectivity index (χ4v) is 1.99. The molecule has 2 N–H and O–H groups in total. The summed E-state index contributed by atoms with van der Waals surface area (Å²) in [7, 11) is 0. The van der Waals surface area contributed by atoms with Crippen LogP contribution in [0.4, 0.5) is 11.4 Å². The van der Waals surface area contributed by atoms with Crippen LogP contribution >= 0.6 is 11.6 Å². The lowest BCUT2D eigenvalue weighted by atomic mass is 10.1. The van der Waals surface area contributed by atoms with Crippen molar-refractivity contribution in [2.24, 2.45) is 0 Å². The van der Waals surface area contributed by atoms with Gasteiger partial charge in [-0.05, 0) is 49.2 Å². The van der Waals surface area contributed by atoms with Crippen molar-refractivity contribution in [1.29, 1.82) is 0 Å². The Morgan fingerprint density at radius 2 is 1.67 bits per heavy atom. The molecule has 4 nitrogen and oxygen atoms in total. The molecule has 0 bridgehead atoms. The number of aryl methyl sites for hydroxylation is 2. The summed E-state index contributed by atoms with van der Waals surface area (Å²) in [5.74, 6) is -1.46.